The van der Waals surface area contributed by atoms with Crippen molar-refractivity contribution >= 4 is 5.91 Å². The molecule has 0 aromatic rings. The highest BCUT2D eigenvalue weighted by atomic mass is 16.5. The van der Waals surface area contributed by atoms with Gasteiger partial charge in [0.2, 0.25) is 5.91 Å². The fraction of sp³-hybridized carbons (Fsp3) is 0.917. The Morgan fingerprint density at radius 3 is 3.00 bits per heavy atom. The second kappa shape index (κ2) is 7.63. The summed E-state index contributed by atoms with van der Waals surface area (Å²) >= 11 is 0. The molecule has 1 aliphatic rings. The lowest BCUT2D eigenvalue weighted by molar-refractivity contribution is -0.126. The first-order valence-corrected chi connectivity index (χ1v) is 6.19. The number of hydrogen-bond acceptors (Lipinski definition) is 3. The topological polar surface area (TPSA) is 41.6 Å². The number of amides is 1. The maximum atomic E-state index is 11.8. The van der Waals surface area contributed by atoms with Gasteiger partial charge in [-0.15, -0.1) is 0 Å². The molecule has 4 heteroatoms. The number of ether oxygens (including phenoxy) is 1. The Kier molecular flexibility index (Phi) is 6.42. The van der Waals surface area contributed by atoms with E-state index in [2.05, 4.69) is 17.3 Å². The number of rotatable bonds is 6. The van der Waals surface area contributed by atoms with Crippen LogP contribution in [-0.2, 0) is 9.53 Å². The van der Waals surface area contributed by atoms with E-state index in [1.165, 1.54) is 0 Å². The van der Waals surface area contributed by atoms with Crippen molar-refractivity contribution in [3.05, 3.63) is 0 Å². The molecule has 94 valence electrons. The van der Waals surface area contributed by atoms with Crippen LogP contribution in [0.15, 0.2) is 0 Å². The summed E-state index contributed by atoms with van der Waals surface area (Å²) in [4.78, 5) is 14.0. The van der Waals surface area contributed by atoms with E-state index in [9.17, 15) is 4.79 Å². The Balaban J connectivity index is 2.09. The Labute approximate surface area is 98.3 Å². The van der Waals surface area contributed by atoms with E-state index in [4.69, 9.17) is 4.74 Å². The van der Waals surface area contributed by atoms with Gasteiger partial charge in [-0.2, -0.15) is 0 Å². The van der Waals surface area contributed by atoms with Crippen molar-refractivity contribution in [2.45, 2.75) is 25.7 Å². The molecule has 0 bridgehead atoms. The van der Waals surface area contributed by atoms with Crippen LogP contribution in [-0.4, -0.2) is 51.2 Å². The zero-order chi connectivity index (χ0) is 11.8. The largest absolute Gasteiger partial charge is 0.385 e. The average molecular weight is 228 g/mol. The quantitative estimate of drug-likeness (QED) is 0.686. The summed E-state index contributed by atoms with van der Waals surface area (Å²) in [5.41, 5.74) is 0. The van der Waals surface area contributed by atoms with E-state index in [1.807, 2.05) is 0 Å². The molecule has 1 saturated heterocycles. The van der Waals surface area contributed by atoms with Gasteiger partial charge < -0.3 is 15.0 Å². The summed E-state index contributed by atoms with van der Waals surface area (Å²) in [5, 5.41) is 3.01. The molecule has 1 amide bonds. The van der Waals surface area contributed by atoms with E-state index in [-0.39, 0.29) is 11.8 Å². The summed E-state index contributed by atoms with van der Waals surface area (Å²) in [7, 11) is 3.79. The van der Waals surface area contributed by atoms with Crippen LogP contribution in [0.4, 0.5) is 0 Å². The lowest BCUT2D eigenvalue weighted by atomic mass is 9.97. The normalized spacial score (nSPS) is 22.0. The minimum absolute atomic E-state index is 0.196. The lowest BCUT2D eigenvalue weighted by Crippen LogP contribution is -2.41. The Hall–Kier alpha value is -0.610. The summed E-state index contributed by atoms with van der Waals surface area (Å²) in [5.74, 6) is 0.421. The summed E-state index contributed by atoms with van der Waals surface area (Å²) in [6.07, 6.45) is 4.19. The standard InChI is InChI=1S/C12H24N2O2/c1-14-8-5-6-11(10-14)12(15)13-7-3-4-9-16-2/h11H,3-10H2,1-2H3,(H,13,15)/t11-/m0/s1. The molecule has 0 aromatic heterocycles. The van der Waals surface area contributed by atoms with Crippen molar-refractivity contribution in [2.24, 2.45) is 5.92 Å². The molecule has 16 heavy (non-hydrogen) atoms. The van der Waals surface area contributed by atoms with Gasteiger partial charge in [-0.05, 0) is 39.3 Å². The van der Waals surface area contributed by atoms with Crippen LogP contribution in [0.3, 0.4) is 0 Å². The minimum Gasteiger partial charge on any atom is -0.385 e. The van der Waals surface area contributed by atoms with E-state index in [1.54, 1.807) is 7.11 Å². The van der Waals surface area contributed by atoms with Crippen molar-refractivity contribution in [1.82, 2.24) is 10.2 Å². The number of nitrogens with zero attached hydrogens (tertiary/aromatic N) is 1. The van der Waals surface area contributed by atoms with Gasteiger partial charge in [-0.3, -0.25) is 4.79 Å². The number of hydrogen-bond donors (Lipinski definition) is 1. The predicted octanol–water partition coefficient (Wildman–Crippen LogP) is 0.871. The maximum Gasteiger partial charge on any atom is 0.224 e. The van der Waals surface area contributed by atoms with Gasteiger partial charge in [0.05, 0.1) is 5.92 Å². The van der Waals surface area contributed by atoms with Crippen LogP contribution >= 0.6 is 0 Å². The zero-order valence-corrected chi connectivity index (χ0v) is 10.5. The molecule has 1 heterocycles. The molecular formula is C12H24N2O2. The highest BCUT2D eigenvalue weighted by Gasteiger charge is 2.23. The first-order valence-electron chi connectivity index (χ1n) is 6.19. The van der Waals surface area contributed by atoms with Gasteiger partial charge >= 0.3 is 0 Å². The number of unbranched alkanes of at least 4 members (excludes halogenated alkanes) is 1. The number of carbonyl (C=O) groups is 1. The third-order valence-electron chi connectivity index (χ3n) is 3.07. The van der Waals surface area contributed by atoms with Gasteiger partial charge in [-0.25, -0.2) is 0 Å². The van der Waals surface area contributed by atoms with Crippen molar-refractivity contribution < 1.29 is 9.53 Å². The Morgan fingerprint density at radius 2 is 2.31 bits per heavy atom. The van der Waals surface area contributed by atoms with Crippen LogP contribution in [0.5, 0.6) is 0 Å². The predicted molar refractivity (Wildman–Crippen MR) is 64.3 cm³/mol. The zero-order valence-electron chi connectivity index (χ0n) is 10.5. The fourth-order valence-electron chi connectivity index (χ4n) is 2.11. The van der Waals surface area contributed by atoms with E-state index in [0.717, 1.165) is 51.9 Å². The van der Waals surface area contributed by atoms with Crippen LogP contribution in [0, 0.1) is 5.92 Å². The van der Waals surface area contributed by atoms with Crippen molar-refractivity contribution in [3.63, 3.8) is 0 Å². The third-order valence-corrected chi connectivity index (χ3v) is 3.07. The molecule has 0 saturated carbocycles. The molecule has 1 fully saturated rings. The van der Waals surface area contributed by atoms with Crippen LogP contribution in [0.25, 0.3) is 0 Å². The third kappa shape index (κ3) is 4.94. The highest BCUT2D eigenvalue weighted by Crippen LogP contribution is 2.14. The highest BCUT2D eigenvalue weighted by molar-refractivity contribution is 5.78. The first kappa shape index (κ1) is 13.5. The first-order chi connectivity index (χ1) is 7.74. The second-order valence-electron chi connectivity index (χ2n) is 4.59. The van der Waals surface area contributed by atoms with Gasteiger partial charge in [0.15, 0.2) is 0 Å². The number of likely N-dealkylation sites (tertiary alicyclic amines) is 1. The van der Waals surface area contributed by atoms with Crippen LogP contribution in [0.1, 0.15) is 25.7 Å². The van der Waals surface area contributed by atoms with Gasteiger partial charge in [0.25, 0.3) is 0 Å². The monoisotopic (exact) mass is 228 g/mol. The van der Waals surface area contributed by atoms with Crippen molar-refractivity contribution in [3.8, 4) is 0 Å². The van der Waals surface area contributed by atoms with Crippen LogP contribution in [0.2, 0.25) is 0 Å². The Bertz CT molecular complexity index is 209. The Morgan fingerprint density at radius 1 is 1.50 bits per heavy atom. The average Bonchev–Trinajstić information content (AvgIpc) is 2.28. The molecule has 1 rings (SSSR count). The SMILES string of the molecule is COCCCCNC(=O)[C@H]1CCCN(C)C1. The molecule has 1 atom stereocenters. The molecule has 0 radical (unpaired) electrons. The summed E-state index contributed by atoms with van der Waals surface area (Å²) < 4.78 is 4.96. The van der Waals surface area contributed by atoms with Crippen molar-refractivity contribution in [1.29, 1.82) is 0 Å². The molecule has 1 N–H and O–H groups in total. The summed E-state index contributed by atoms with van der Waals surface area (Å²) in [6.45, 7) is 3.59. The molecule has 4 nitrogen and oxygen atoms in total. The van der Waals surface area contributed by atoms with E-state index in [0.29, 0.717) is 0 Å². The number of carbonyl (C=O) groups excluding carboxylic acids is 1. The van der Waals surface area contributed by atoms with Crippen LogP contribution < -0.4 is 5.32 Å². The number of nitrogens with one attached hydrogen (secondary N) is 1. The molecule has 0 unspecified atom stereocenters. The van der Waals surface area contributed by atoms with Gasteiger partial charge in [0, 0.05) is 26.8 Å². The molecule has 0 spiro atoms. The molecule has 1 aliphatic heterocycles. The lowest BCUT2D eigenvalue weighted by Gasteiger charge is -2.28. The maximum absolute atomic E-state index is 11.8. The molecule has 0 aliphatic carbocycles. The minimum atomic E-state index is 0.196. The number of piperidine rings is 1. The van der Waals surface area contributed by atoms with E-state index < -0.39 is 0 Å². The van der Waals surface area contributed by atoms with Gasteiger partial charge in [0.1, 0.15) is 0 Å². The molecule has 0 aromatic carbocycles. The summed E-state index contributed by atoms with van der Waals surface area (Å²) in [6, 6.07) is 0. The number of methoxy groups -OCH3 is 1. The van der Waals surface area contributed by atoms with Gasteiger partial charge in [-0.1, -0.05) is 0 Å². The fourth-order valence-corrected chi connectivity index (χ4v) is 2.11. The van der Waals surface area contributed by atoms with Crippen molar-refractivity contribution in [2.75, 3.05) is 40.4 Å². The second-order valence-corrected chi connectivity index (χ2v) is 4.59. The molecular weight excluding hydrogens is 204 g/mol. The smallest absolute Gasteiger partial charge is 0.224 e. The van der Waals surface area contributed by atoms with E-state index >= 15 is 0 Å².